The molecule has 1 fully saturated rings. The fourth-order valence-corrected chi connectivity index (χ4v) is 3.44. The highest BCUT2D eigenvalue weighted by molar-refractivity contribution is 5.76. The average molecular weight is 430 g/mol. The molecule has 4 atom stereocenters. The van der Waals surface area contributed by atoms with E-state index in [4.69, 9.17) is 29.5 Å². The van der Waals surface area contributed by atoms with Crippen molar-refractivity contribution in [3.8, 4) is 11.5 Å². The topological polar surface area (TPSA) is 74.0 Å². The van der Waals surface area contributed by atoms with Crippen molar-refractivity contribution in [3.63, 3.8) is 0 Å². The lowest BCUT2D eigenvalue weighted by atomic mass is 9.79. The van der Waals surface area contributed by atoms with Gasteiger partial charge in [0.1, 0.15) is 12.1 Å². The van der Waals surface area contributed by atoms with Crippen LogP contribution in [0.15, 0.2) is 12.1 Å². The van der Waals surface area contributed by atoms with E-state index in [1.54, 1.807) is 27.7 Å². The minimum atomic E-state index is -3.05. The van der Waals surface area contributed by atoms with Crippen molar-refractivity contribution in [1.82, 2.24) is 4.90 Å². The second-order valence-corrected chi connectivity index (χ2v) is 8.28. The van der Waals surface area contributed by atoms with Crippen molar-refractivity contribution < 1.29 is 34.1 Å². The zero-order chi connectivity index (χ0) is 31.7. The predicted octanol–water partition coefficient (Wildman–Crippen LogP) is 3.56. The standard InChI is InChI=1S/C24H38N2O4/c1-14(2)9-17-13-26-8-7-16-10-21(28-5)22(29-6)11-18(16)19(26)12-20(17)30-24(27)23(25)15(3)4/h10-11,14-15,17,19-20,23H,7-9,12-13,25H2,1-6H3/t17?,19?,20?,23-/m0/s1/i5D3,10D,11D,12D2,13D2,17D,19D. The number of hydrogen-bond acceptors (Lipinski definition) is 6. The molecule has 3 rings (SSSR count). The van der Waals surface area contributed by atoms with Crippen molar-refractivity contribution in [3.05, 3.63) is 23.2 Å². The fourth-order valence-electron chi connectivity index (χ4n) is 3.44. The highest BCUT2D eigenvalue weighted by Crippen LogP contribution is 2.44. The van der Waals surface area contributed by atoms with E-state index >= 15 is 0 Å². The SMILES string of the molecule is [2H]c1c2c(c([2H])c(OC)c1OC([2H])([2H])[2H])C1([2H])N(CC2)C([2H])([2H])C([2H])(CC(C)C)C(OC(=O)[C@@H](N)C(C)C)C1([2H])[2H]. The van der Waals surface area contributed by atoms with Crippen LogP contribution in [0.1, 0.15) is 72.7 Å². The zero-order valence-corrected chi connectivity index (χ0v) is 18.1. The van der Waals surface area contributed by atoms with Crippen LogP contribution in [0.5, 0.6) is 11.5 Å². The molecule has 3 unspecified atom stereocenters. The Balaban J connectivity index is 2.40. The second-order valence-electron chi connectivity index (χ2n) is 8.28. The monoisotopic (exact) mass is 429 g/mol. The molecule has 6 nitrogen and oxygen atoms in total. The van der Waals surface area contributed by atoms with Crippen LogP contribution < -0.4 is 15.2 Å². The number of carbonyl (C=O) groups excluding carboxylic acids is 1. The average Bonchev–Trinajstić information content (AvgIpc) is 2.82. The first-order valence-corrected chi connectivity index (χ1v) is 10.1. The van der Waals surface area contributed by atoms with Gasteiger partial charge in [-0.15, -0.1) is 0 Å². The van der Waals surface area contributed by atoms with E-state index in [0.29, 0.717) is 0 Å². The van der Waals surface area contributed by atoms with Gasteiger partial charge in [0, 0.05) is 38.2 Å². The molecule has 2 aliphatic rings. The number of ether oxygens (including phenoxy) is 3. The summed E-state index contributed by atoms with van der Waals surface area (Å²) in [5.74, 6) is -5.39. The van der Waals surface area contributed by atoms with Crippen molar-refractivity contribution in [2.45, 2.75) is 65.1 Å². The number of nitrogens with zero attached hydrogens (tertiary/aromatic N) is 1. The molecular weight excluding hydrogens is 380 g/mol. The van der Waals surface area contributed by atoms with E-state index in [2.05, 4.69) is 0 Å². The molecule has 1 saturated heterocycles. The highest BCUT2D eigenvalue weighted by atomic mass is 16.5. The van der Waals surface area contributed by atoms with Crippen molar-refractivity contribution in [2.24, 2.45) is 23.5 Å². The molecule has 0 spiro atoms. The van der Waals surface area contributed by atoms with E-state index in [9.17, 15) is 10.3 Å². The summed E-state index contributed by atoms with van der Waals surface area (Å²) in [5, 5.41) is 0. The number of esters is 1. The lowest BCUT2D eigenvalue weighted by Gasteiger charge is -2.47. The van der Waals surface area contributed by atoms with Crippen LogP contribution in [0.25, 0.3) is 0 Å². The van der Waals surface area contributed by atoms with E-state index < -0.39 is 85.0 Å². The van der Waals surface area contributed by atoms with E-state index in [0.717, 1.165) is 12.0 Å². The van der Waals surface area contributed by atoms with Crippen LogP contribution >= 0.6 is 0 Å². The molecule has 2 heterocycles. The van der Waals surface area contributed by atoms with Gasteiger partial charge in [-0.2, -0.15) is 0 Å². The minimum absolute atomic E-state index is 0.105. The Morgan fingerprint density at radius 1 is 1.37 bits per heavy atom. The number of benzene rings is 1. The van der Waals surface area contributed by atoms with Gasteiger partial charge in [0.2, 0.25) is 0 Å². The van der Waals surface area contributed by atoms with E-state index in [1.165, 1.54) is 0 Å². The maximum atomic E-state index is 13.1. The lowest BCUT2D eigenvalue weighted by molar-refractivity contribution is -0.160. The summed E-state index contributed by atoms with van der Waals surface area (Å²) in [5.41, 5.74) is 5.41. The summed E-state index contributed by atoms with van der Waals surface area (Å²) < 4.78 is 112. The van der Waals surface area contributed by atoms with Gasteiger partial charge >= 0.3 is 5.97 Å². The summed E-state index contributed by atoms with van der Waals surface area (Å²) in [6, 6.07) is -5.27. The normalized spacial score (nSPS) is 38.9. The number of hydrogen-bond donors (Lipinski definition) is 1. The van der Waals surface area contributed by atoms with Crippen LogP contribution in [-0.4, -0.2) is 50.2 Å². The van der Waals surface area contributed by atoms with Gasteiger partial charge in [-0.3, -0.25) is 9.69 Å². The van der Waals surface area contributed by atoms with Gasteiger partial charge in [-0.25, -0.2) is 0 Å². The third kappa shape index (κ3) is 4.75. The summed E-state index contributed by atoms with van der Waals surface area (Å²) in [7, 11) is -1.93. The van der Waals surface area contributed by atoms with Crippen LogP contribution in [-0.2, 0) is 16.0 Å². The Hall–Kier alpha value is -1.79. The molecule has 1 aromatic carbocycles. The highest BCUT2D eigenvalue weighted by Gasteiger charge is 2.41. The molecular formula is C24H38N2O4. The van der Waals surface area contributed by atoms with Crippen LogP contribution in [0.2, 0.25) is 0 Å². The number of rotatable bonds is 7. The predicted molar refractivity (Wildman–Crippen MR) is 118 cm³/mol. The molecule has 30 heavy (non-hydrogen) atoms. The number of carbonyl (C=O) groups is 1. The van der Waals surface area contributed by atoms with Gasteiger partial charge in [-0.05, 0) is 47.9 Å². The van der Waals surface area contributed by atoms with Gasteiger partial charge < -0.3 is 19.9 Å². The fraction of sp³-hybridized carbons (Fsp3) is 0.708. The maximum absolute atomic E-state index is 13.1. The Bertz CT molecular complexity index is 1190. The molecule has 0 amide bonds. The maximum Gasteiger partial charge on any atom is 0.323 e. The summed E-state index contributed by atoms with van der Waals surface area (Å²) in [6.45, 7) is 3.55. The first-order chi connectivity index (χ1) is 18.5. The minimum Gasteiger partial charge on any atom is -0.493 e. The molecule has 2 aliphatic heterocycles. The van der Waals surface area contributed by atoms with Gasteiger partial charge in [0.15, 0.2) is 11.5 Å². The van der Waals surface area contributed by atoms with Crippen molar-refractivity contribution >= 4 is 5.97 Å². The third-order valence-electron chi connectivity index (χ3n) is 5.12. The molecule has 0 saturated carbocycles. The van der Waals surface area contributed by atoms with Crippen LogP contribution in [0.3, 0.4) is 0 Å². The first kappa shape index (κ1) is 12.3. The molecule has 6 heteroatoms. The van der Waals surface area contributed by atoms with Gasteiger partial charge in [0.25, 0.3) is 0 Å². The smallest absolute Gasteiger partial charge is 0.323 e. The Kier molecular flexibility index (Phi) is 3.92. The molecule has 0 radical (unpaired) electrons. The van der Waals surface area contributed by atoms with Crippen molar-refractivity contribution in [1.29, 1.82) is 0 Å². The quantitative estimate of drug-likeness (QED) is 0.668. The van der Waals surface area contributed by atoms with E-state index in [-0.39, 0.29) is 30.9 Å². The van der Waals surface area contributed by atoms with E-state index in [1.807, 2.05) is 0 Å². The zero-order valence-electron chi connectivity index (χ0n) is 29.1. The Morgan fingerprint density at radius 2 is 2.10 bits per heavy atom. The molecule has 1 aromatic rings. The lowest BCUT2D eigenvalue weighted by Crippen LogP contribution is -2.51. The molecule has 0 bridgehead atoms. The summed E-state index contributed by atoms with van der Waals surface area (Å²) in [6.07, 6.45) is -5.64. The van der Waals surface area contributed by atoms with Crippen LogP contribution in [0.4, 0.5) is 0 Å². The number of piperidine rings is 1. The van der Waals surface area contributed by atoms with Gasteiger partial charge in [0.05, 0.1) is 22.4 Å². The molecule has 2 N–H and O–H groups in total. The Morgan fingerprint density at radius 3 is 2.73 bits per heavy atom. The van der Waals surface area contributed by atoms with Gasteiger partial charge in [-0.1, -0.05) is 27.7 Å². The second kappa shape index (κ2) is 9.56. The number of fused-ring (bicyclic) bond motifs is 3. The first-order valence-electron chi connectivity index (χ1n) is 15.6. The largest absolute Gasteiger partial charge is 0.493 e. The van der Waals surface area contributed by atoms with Crippen LogP contribution in [0, 0.1) is 17.7 Å². The molecule has 0 aromatic heterocycles. The summed E-state index contributed by atoms with van der Waals surface area (Å²) >= 11 is 0. The third-order valence-corrected chi connectivity index (χ3v) is 5.12. The summed E-state index contributed by atoms with van der Waals surface area (Å²) in [4.78, 5) is 13.9. The van der Waals surface area contributed by atoms with Crippen molar-refractivity contribution in [2.75, 3.05) is 27.2 Å². The number of methoxy groups -OCH3 is 2. The molecule has 0 aliphatic carbocycles. The number of nitrogens with two attached hydrogens (primary N) is 1. The molecule has 168 valence electrons. The Labute approximate surface area is 196 Å².